The van der Waals surface area contributed by atoms with Gasteiger partial charge >= 0.3 is 0 Å². The fraction of sp³-hybridized carbons (Fsp3) is 0.750. The summed E-state index contributed by atoms with van der Waals surface area (Å²) in [5, 5.41) is 3.88. The van der Waals surface area contributed by atoms with Gasteiger partial charge in [0.2, 0.25) is 0 Å². The molecule has 0 saturated carbocycles. The van der Waals surface area contributed by atoms with Crippen LogP contribution in [0, 0.1) is 0 Å². The van der Waals surface area contributed by atoms with Crippen LogP contribution in [0.25, 0.3) is 0 Å². The molecule has 1 unspecified atom stereocenters. The van der Waals surface area contributed by atoms with E-state index in [1.54, 1.807) is 4.88 Å². The molecule has 1 aliphatic heterocycles. The highest BCUT2D eigenvalue weighted by atomic mass is 32.1. The van der Waals surface area contributed by atoms with Gasteiger partial charge in [0.25, 0.3) is 0 Å². The van der Waals surface area contributed by atoms with Gasteiger partial charge in [-0.25, -0.2) is 0 Å². The van der Waals surface area contributed by atoms with Crippen molar-refractivity contribution in [2.75, 3.05) is 6.54 Å². The van der Waals surface area contributed by atoms with Crippen LogP contribution in [-0.4, -0.2) is 12.1 Å². The number of hydrogen-bond donors (Lipinski definition) is 1. The average Bonchev–Trinajstić information content (AvgIpc) is 2.69. The molecule has 1 atom stereocenters. The SMILES string of the molecule is CCCC1(Cc2ccc(CC)s2)CCCCCN1. The highest BCUT2D eigenvalue weighted by molar-refractivity contribution is 7.12. The topological polar surface area (TPSA) is 12.0 Å². The zero-order valence-corrected chi connectivity index (χ0v) is 12.7. The summed E-state index contributed by atoms with van der Waals surface area (Å²) in [5.74, 6) is 0. The van der Waals surface area contributed by atoms with Crippen LogP contribution in [0.5, 0.6) is 0 Å². The van der Waals surface area contributed by atoms with Crippen molar-refractivity contribution in [3.05, 3.63) is 21.9 Å². The van der Waals surface area contributed by atoms with Crippen molar-refractivity contribution >= 4 is 11.3 Å². The molecule has 0 bridgehead atoms. The predicted octanol–water partition coefficient (Wildman–Crippen LogP) is 4.56. The van der Waals surface area contributed by atoms with Crippen molar-refractivity contribution in [1.29, 1.82) is 0 Å². The van der Waals surface area contributed by atoms with Crippen LogP contribution in [-0.2, 0) is 12.8 Å². The Morgan fingerprint density at radius 2 is 2.00 bits per heavy atom. The average molecular weight is 265 g/mol. The van der Waals surface area contributed by atoms with E-state index in [1.165, 1.54) is 62.8 Å². The lowest BCUT2D eigenvalue weighted by atomic mass is 9.85. The molecule has 0 aromatic carbocycles. The van der Waals surface area contributed by atoms with Crippen molar-refractivity contribution in [3.8, 4) is 0 Å². The maximum Gasteiger partial charge on any atom is 0.0229 e. The third kappa shape index (κ3) is 3.58. The van der Waals surface area contributed by atoms with Crippen LogP contribution in [0.2, 0.25) is 0 Å². The van der Waals surface area contributed by atoms with E-state index in [-0.39, 0.29) is 0 Å². The monoisotopic (exact) mass is 265 g/mol. The molecule has 1 aromatic heterocycles. The molecular formula is C16H27NS. The first-order valence-electron chi connectivity index (χ1n) is 7.60. The van der Waals surface area contributed by atoms with Crippen LogP contribution in [0.1, 0.15) is 62.1 Å². The molecule has 2 rings (SSSR count). The first-order chi connectivity index (χ1) is 8.78. The van der Waals surface area contributed by atoms with E-state index in [0.29, 0.717) is 5.54 Å². The van der Waals surface area contributed by atoms with Crippen LogP contribution < -0.4 is 5.32 Å². The predicted molar refractivity (Wildman–Crippen MR) is 81.5 cm³/mol. The minimum atomic E-state index is 0.390. The molecule has 1 saturated heterocycles. The summed E-state index contributed by atoms with van der Waals surface area (Å²) in [5.41, 5.74) is 0.390. The quantitative estimate of drug-likeness (QED) is 0.823. The van der Waals surface area contributed by atoms with Crippen LogP contribution in [0.15, 0.2) is 12.1 Å². The lowest BCUT2D eigenvalue weighted by Crippen LogP contribution is -2.46. The second kappa shape index (κ2) is 6.72. The minimum Gasteiger partial charge on any atom is -0.311 e. The number of nitrogens with one attached hydrogen (secondary N) is 1. The van der Waals surface area contributed by atoms with Crippen molar-refractivity contribution in [2.45, 2.75) is 70.8 Å². The molecular weight excluding hydrogens is 238 g/mol. The standard InChI is InChI=1S/C16H27NS/c1-3-10-16(11-6-5-7-12-17-16)13-15-9-8-14(4-2)18-15/h8-9,17H,3-7,10-13H2,1-2H3. The van der Waals surface area contributed by atoms with Crippen molar-refractivity contribution in [2.24, 2.45) is 0 Å². The summed E-state index contributed by atoms with van der Waals surface area (Å²) in [4.78, 5) is 3.11. The van der Waals surface area contributed by atoms with E-state index in [1.807, 2.05) is 11.3 Å². The zero-order valence-electron chi connectivity index (χ0n) is 11.9. The van der Waals surface area contributed by atoms with E-state index in [2.05, 4.69) is 31.3 Å². The van der Waals surface area contributed by atoms with E-state index in [9.17, 15) is 0 Å². The minimum absolute atomic E-state index is 0.390. The fourth-order valence-electron chi connectivity index (χ4n) is 3.18. The summed E-state index contributed by atoms with van der Waals surface area (Å²) in [6.07, 6.45) is 10.6. The largest absolute Gasteiger partial charge is 0.311 e. The smallest absolute Gasteiger partial charge is 0.0229 e. The van der Waals surface area contributed by atoms with Crippen molar-refractivity contribution in [1.82, 2.24) is 5.32 Å². The first kappa shape index (κ1) is 14.1. The van der Waals surface area contributed by atoms with Gasteiger partial charge in [-0.15, -0.1) is 11.3 Å². The normalized spacial score (nSPS) is 25.0. The van der Waals surface area contributed by atoms with Gasteiger partial charge in [-0.3, -0.25) is 0 Å². The first-order valence-corrected chi connectivity index (χ1v) is 8.42. The zero-order chi connectivity index (χ0) is 12.8. The van der Waals surface area contributed by atoms with Crippen LogP contribution >= 0.6 is 11.3 Å². The van der Waals surface area contributed by atoms with Crippen LogP contribution in [0.3, 0.4) is 0 Å². The maximum absolute atomic E-state index is 3.88. The third-order valence-electron chi connectivity index (χ3n) is 4.14. The van der Waals surface area contributed by atoms with Gasteiger partial charge in [-0.05, 0) is 50.8 Å². The lowest BCUT2D eigenvalue weighted by molar-refractivity contribution is 0.290. The lowest BCUT2D eigenvalue weighted by Gasteiger charge is -2.33. The van der Waals surface area contributed by atoms with E-state index >= 15 is 0 Å². The van der Waals surface area contributed by atoms with Gasteiger partial charge in [-0.1, -0.05) is 33.1 Å². The number of thiophene rings is 1. The molecule has 0 spiro atoms. The Hall–Kier alpha value is -0.340. The highest BCUT2D eigenvalue weighted by Crippen LogP contribution is 2.30. The maximum atomic E-state index is 3.88. The Morgan fingerprint density at radius 1 is 1.17 bits per heavy atom. The summed E-state index contributed by atoms with van der Waals surface area (Å²) in [6.45, 7) is 5.79. The molecule has 0 aliphatic carbocycles. The Balaban J connectivity index is 2.08. The van der Waals surface area contributed by atoms with Crippen molar-refractivity contribution in [3.63, 3.8) is 0 Å². The molecule has 18 heavy (non-hydrogen) atoms. The number of aryl methyl sites for hydroxylation is 1. The van der Waals surface area contributed by atoms with E-state index in [4.69, 9.17) is 0 Å². The van der Waals surface area contributed by atoms with Crippen molar-refractivity contribution < 1.29 is 0 Å². The Morgan fingerprint density at radius 3 is 2.72 bits per heavy atom. The molecule has 0 amide bonds. The van der Waals surface area contributed by atoms with Gasteiger partial charge < -0.3 is 5.32 Å². The number of rotatable bonds is 5. The molecule has 102 valence electrons. The molecule has 2 heteroatoms. The molecule has 2 heterocycles. The fourth-order valence-corrected chi connectivity index (χ4v) is 4.28. The Bertz CT molecular complexity index is 348. The second-order valence-electron chi connectivity index (χ2n) is 5.67. The molecule has 1 aliphatic rings. The van der Waals surface area contributed by atoms with Gasteiger partial charge in [0.1, 0.15) is 0 Å². The molecule has 1 N–H and O–H groups in total. The van der Waals surface area contributed by atoms with Gasteiger partial charge in [0.15, 0.2) is 0 Å². The molecule has 1 fully saturated rings. The summed E-state index contributed by atoms with van der Waals surface area (Å²) in [6, 6.07) is 4.67. The Kier molecular flexibility index (Phi) is 5.25. The van der Waals surface area contributed by atoms with E-state index < -0.39 is 0 Å². The molecule has 1 aromatic rings. The summed E-state index contributed by atoms with van der Waals surface area (Å²) >= 11 is 2.02. The van der Waals surface area contributed by atoms with Crippen LogP contribution in [0.4, 0.5) is 0 Å². The highest BCUT2D eigenvalue weighted by Gasteiger charge is 2.30. The number of hydrogen-bond acceptors (Lipinski definition) is 2. The van der Waals surface area contributed by atoms with Gasteiger partial charge in [0.05, 0.1) is 0 Å². The molecule has 0 radical (unpaired) electrons. The molecule has 1 nitrogen and oxygen atoms in total. The second-order valence-corrected chi connectivity index (χ2v) is 6.92. The van der Waals surface area contributed by atoms with Gasteiger partial charge in [-0.2, -0.15) is 0 Å². The summed E-state index contributed by atoms with van der Waals surface area (Å²) in [7, 11) is 0. The third-order valence-corrected chi connectivity index (χ3v) is 5.37. The summed E-state index contributed by atoms with van der Waals surface area (Å²) < 4.78 is 0. The van der Waals surface area contributed by atoms with E-state index in [0.717, 1.165) is 0 Å². The Labute approximate surface area is 116 Å². The van der Waals surface area contributed by atoms with Gasteiger partial charge in [0, 0.05) is 15.3 Å².